The summed E-state index contributed by atoms with van der Waals surface area (Å²) in [5, 5.41) is 11.5. The van der Waals surface area contributed by atoms with Gasteiger partial charge < -0.3 is 5.73 Å². The summed E-state index contributed by atoms with van der Waals surface area (Å²) in [5.74, 6) is 0.115. The fourth-order valence-corrected chi connectivity index (χ4v) is 1.74. The maximum absolute atomic E-state index is 5.62. The molecule has 0 aliphatic heterocycles. The summed E-state index contributed by atoms with van der Waals surface area (Å²) >= 11 is 0. The van der Waals surface area contributed by atoms with Gasteiger partial charge in [0.25, 0.3) is 0 Å². The molecule has 5 nitrogen and oxygen atoms in total. The smallest absolute Gasteiger partial charge is 0.234 e. The Hall–Kier alpha value is -3.47. The highest BCUT2D eigenvalue weighted by atomic mass is 15.4. The summed E-state index contributed by atoms with van der Waals surface area (Å²) in [7, 11) is 0. The molecule has 0 heterocycles. The number of benzene rings is 2. The fourth-order valence-electron chi connectivity index (χ4n) is 1.74. The molecule has 3 N–H and O–H groups in total. The van der Waals surface area contributed by atoms with Crippen LogP contribution in [0.4, 0.5) is 0 Å². The van der Waals surface area contributed by atoms with Gasteiger partial charge in [-0.25, -0.2) is 5.43 Å². The molecular weight excluding hydrogens is 298 g/mol. The molecule has 0 saturated heterocycles. The van der Waals surface area contributed by atoms with Crippen molar-refractivity contribution in [2.24, 2.45) is 21.0 Å². The Kier molecular flexibility index (Phi) is 7.24. The van der Waals surface area contributed by atoms with E-state index in [4.69, 9.17) is 5.73 Å². The van der Waals surface area contributed by atoms with E-state index in [0.717, 1.165) is 11.1 Å². The standard InChI is InChI=1S/C19H19N5/c20-19(23-21-15-7-13-17-9-3-1-4-10-17)24-22-16-8-14-18-11-5-2-6-12-18/h1-16H,(H3,20,23,24)/b13-7+,14-8+,21-15+,22-16+. The van der Waals surface area contributed by atoms with Crippen LogP contribution in [0, 0.1) is 0 Å². The maximum atomic E-state index is 5.62. The molecule has 0 atom stereocenters. The van der Waals surface area contributed by atoms with Crippen LogP contribution in [0.15, 0.2) is 88.1 Å². The van der Waals surface area contributed by atoms with Gasteiger partial charge in [0, 0.05) is 12.4 Å². The van der Waals surface area contributed by atoms with Crippen LogP contribution < -0.4 is 11.2 Å². The minimum Gasteiger partial charge on any atom is -0.367 e. The number of rotatable bonds is 6. The molecule has 0 radical (unpaired) electrons. The first-order valence-electron chi connectivity index (χ1n) is 7.43. The minimum absolute atomic E-state index is 0.115. The lowest BCUT2D eigenvalue weighted by atomic mass is 10.2. The van der Waals surface area contributed by atoms with Gasteiger partial charge in [0.15, 0.2) is 0 Å². The number of hydrazone groups is 1. The molecule has 0 aliphatic carbocycles. The summed E-state index contributed by atoms with van der Waals surface area (Å²) in [4.78, 5) is 0. The third-order valence-corrected chi connectivity index (χ3v) is 2.83. The lowest BCUT2D eigenvalue weighted by molar-refractivity contribution is 0.995. The van der Waals surface area contributed by atoms with E-state index in [9.17, 15) is 0 Å². The zero-order valence-electron chi connectivity index (χ0n) is 13.2. The lowest BCUT2D eigenvalue weighted by Gasteiger charge is -1.93. The van der Waals surface area contributed by atoms with E-state index < -0.39 is 0 Å². The predicted molar refractivity (Wildman–Crippen MR) is 103 cm³/mol. The van der Waals surface area contributed by atoms with Crippen LogP contribution in [0.1, 0.15) is 11.1 Å². The summed E-state index contributed by atoms with van der Waals surface area (Å²) in [6, 6.07) is 19.9. The van der Waals surface area contributed by atoms with Crippen molar-refractivity contribution in [3.63, 3.8) is 0 Å². The number of hydrogen-bond acceptors (Lipinski definition) is 3. The highest BCUT2D eigenvalue weighted by Gasteiger charge is 1.84. The van der Waals surface area contributed by atoms with E-state index in [0.29, 0.717) is 0 Å². The second kappa shape index (κ2) is 10.3. The Labute approximate surface area is 141 Å². The average Bonchev–Trinajstić information content (AvgIpc) is 2.63. The minimum atomic E-state index is 0.115. The first-order valence-corrected chi connectivity index (χ1v) is 7.43. The highest BCUT2D eigenvalue weighted by molar-refractivity contribution is 5.83. The Morgan fingerprint density at radius 1 is 0.792 bits per heavy atom. The van der Waals surface area contributed by atoms with Crippen molar-refractivity contribution in [2.75, 3.05) is 0 Å². The van der Waals surface area contributed by atoms with Crippen LogP contribution in [0.5, 0.6) is 0 Å². The van der Waals surface area contributed by atoms with Crippen molar-refractivity contribution in [3.05, 3.63) is 83.9 Å². The number of nitrogens with one attached hydrogen (secondary N) is 1. The first-order chi connectivity index (χ1) is 11.8. The van der Waals surface area contributed by atoms with E-state index >= 15 is 0 Å². The van der Waals surface area contributed by atoms with Gasteiger partial charge >= 0.3 is 0 Å². The molecule has 0 aromatic heterocycles. The molecule has 0 unspecified atom stereocenters. The van der Waals surface area contributed by atoms with E-state index in [1.54, 1.807) is 18.5 Å². The Morgan fingerprint density at radius 2 is 1.33 bits per heavy atom. The van der Waals surface area contributed by atoms with E-state index in [1.165, 1.54) is 0 Å². The predicted octanol–water partition coefficient (Wildman–Crippen LogP) is 3.29. The Balaban J connectivity index is 1.73. The molecule has 0 spiro atoms. The second-order valence-electron chi connectivity index (χ2n) is 4.68. The highest BCUT2D eigenvalue weighted by Crippen LogP contribution is 2.00. The number of nitrogens with zero attached hydrogens (tertiary/aromatic N) is 3. The third kappa shape index (κ3) is 7.00. The summed E-state index contributed by atoms with van der Waals surface area (Å²) in [5.41, 5.74) is 10.4. The van der Waals surface area contributed by atoms with E-state index in [2.05, 4.69) is 20.7 Å². The van der Waals surface area contributed by atoms with Gasteiger partial charge in [-0.05, 0) is 23.3 Å². The Morgan fingerprint density at radius 3 is 1.92 bits per heavy atom. The first kappa shape index (κ1) is 16.9. The van der Waals surface area contributed by atoms with Gasteiger partial charge in [0.05, 0.1) is 0 Å². The number of guanidine groups is 1. The van der Waals surface area contributed by atoms with Crippen molar-refractivity contribution < 1.29 is 0 Å². The average molecular weight is 317 g/mol. The number of allylic oxidation sites excluding steroid dienone is 2. The third-order valence-electron chi connectivity index (χ3n) is 2.83. The zero-order chi connectivity index (χ0) is 16.9. The SMILES string of the molecule is N\C(=N/N=C/C=C/c1ccccc1)N/N=C/C=C/c1ccccc1. The largest absolute Gasteiger partial charge is 0.367 e. The molecule has 0 bridgehead atoms. The molecule has 2 aromatic rings. The van der Waals surface area contributed by atoms with Gasteiger partial charge in [-0.2, -0.15) is 10.2 Å². The van der Waals surface area contributed by atoms with Gasteiger partial charge in [-0.3, -0.25) is 0 Å². The summed E-state index contributed by atoms with van der Waals surface area (Å²) in [6.07, 6.45) is 10.6. The van der Waals surface area contributed by atoms with Gasteiger partial charge in [0.1, 0.15) is 0 Å². The second-order valence-corrected chi connectivity index (χ2v) is 4.68. The molecule has 0 amide bonds. The van der Waals surface area contributed by atoms with Crippen LogP contribution in [0.3, 0.4) is 0 Å². The van der Waals surface area contributed by atoms with Crippen LogP contribution in [-0.4, -0.2) is 18.4 Å². The zero-order valence-corrected chi connectivity index (χ0v) is 13.2. The van der Waals surface area contributed by atoms with Crippen molar-refractivity contribution in [1.82, 2.24) is 5.43 Å². The van der Waals surface area contributed by atoms with Crippen molar-refractivity contribution >= 4 is 30.5 Å². The normalized spacial score (nSPS) is 12.8. The van der Waals surface area contributed by atoms with E-state index in [-0.39, 0.29) is 5.96 Å². The topological polar surface area (TPSA) is 75.1 Å². The van der Waals surface area contributed by atoms with Crippen molar-refractivity contribution in [3.8, 4) is 0 Å². The van der Waals surface area contributed by atoms with E-state index in [1.807, 2.05) is 78.9 Å². The molecular formula is C19H19N5. The molecule has 120 valence electrons. The number of nitrogens with two attached hydrogens (primary N) is 1. The molecule has 2 aromatic carbocycles. The van der Waals surface area contributed by atoms with Crippen LogP contribution in [-0.2, 0) is 0 Å². The molecule has 2 rings (SSSR count). The fraction of sp³-hybridized carbons (Fsp3) is 0. The van der Waals surface area contributed by atoms with Crippen LogP contribution in [0.2, 0.25) is 0 Å². The van der Waals surface area contributed by atoms with Gasteiger partial charge in [-0.1, -0.05) is 72.8 Å². The van der Waals surface area contributed by atoms with Gasteiger partial charge in [-0.15, -0.1) is 5.10 Å². The molecule has 0 fully saturated rings. The summed E-state index contributed by atoms with van der Waals surface area (Å²) in [6.45, 7) is 0. The van der Waals surface area contributed by atoms with Gasteiger partial charge in [0.2, 0.25) is 5.96 Å². The van der Waals surface area contributed by atoms with Crippen molar-refractivity contribution in [2.45, 2.75) is 0 Å². The van der Waals surface area contributed by atoms with Crippen LogP contribution >= 0.6 is 0 Å². The monoisotopic (exact) mass is 317 g/mol. The van der Waals surface area contributed by atoms with Crippen molar-refractivity contribution in [1.29, 1.82) is 0 Å². The molecule has 24 heavy (non-hydrogen) atoms. The maximum Gasteiger partial charge on any atom is 0.234 e. The lowest BCUT2D eigenvalue weighted by Crippen LogP contribution is -2.26. The quantitative estimate of drug-likeness (QED) is 0.487. The Bertz CT molecular complexity index is 744. The van der Waals surface area contributed by atoms with Crippen LogP contribution in [0.25, 0.3) is 12.2 Å². The number of hydrogen-bond donors (Lipinski definition) is 2. The molecule has 0 aliphatic rings. The molecule has 5 heteroatoms. The summed E-state index contributed by atoms with van der Waals surface area (Å²) < 4.78 is 0. The molecule has 0 saturated carbocycles.